The molecule has 4 heteroatoms. The van der Waals surface area contributed by atoms with E-state index in [4.69, 9.17) is 4.74 Å². The molecule has 0 fully saturated rings. The molecular formula is C26H35N2PZn. The van der Waals surface area contributed by atoms with E-state index in [9.17, 15) is 0 Å². The van der Waals surface area contributed by atoms with E-state index in [1.165, 1.54) is 10.9 Å². The molecule has 0 atom stereocenters. The van der Waals surface area contributed by atoms with Crippen LogP contribution in [0.1, 0.15) is 54.0 Å². The molecule has 0 aliphatic heterocycles. The molecule has 3 rings (SSSR count). The molecule has 0 unspecified atom stereocenters. The van der Waals surface area contributed by atoms with Crippen molar-refractivity contribution in [3.05, 3.63) is 84.7 Å². The summed E-state index contributed by atoms with van der Waals surface area (Å²) in [5.41, 5.74) is 3.34. The van der Waals surface area contributed by atoms with Crippen molar-refractivity contribution >= 4 is 18.0 Å². The first-order chi connectivity index (χ1) is 13.7. The molecular weight excluding hydrogens is 437 g/mol. The third-order valence-electron chi connectivity index (χ3n) is 4.74. The van der Waals surface area contributed by atoms with Crippen LogP contribution in [0.3, 0.4) is 0 Å². The summed E-state index contributed by atoms with van der Waals surface area (Å²) in [6.45, 7) is 15.9. The van der Waals surface area contributed by atoms with Crippen LogP contribution in [0.4, 0.5) is 0 Å². The second-order valence-corrected chi connectivity index (χ2v) is 13.0. The SMILES string of the molecule is CC(C)P([CH-]c1cccc2cccnc12)(=NC(C)(C)C)C(C)C.[Zn+2].[c-]1ccccc1. The van der Waals surface area contributed by atoms with Crippen LogP contribution in [0.25, 0.3) is 10.9 Å². The summed E-state index contributed by atoms with van der Waals surface area (Å²) in [7, 11) is -1.63. The fourth-order valence-corrected chi connectivity index (χ4v) is 7.47. The maximum Gasteiger partial charge on any atom is 2.00 e. The van der Waals surface area contributed by atoms with Gasteiger partial charge in [-0.25, -0.2) is 0 Å². The van der Waals surface area contributed by atoms with Gasteiger partial charge < -0.3 is 9.73 Å². The van der Waals surface area contributed by atoms with Crippen molar-refractivity contribution in [1.82, 2.24) is 4.98 Å². The summed E-state index contributed by atoms with van der Waals surface area (Å²) in [5.74, 6) is 0. The first kappa shape index (κ1) is 26.6. The van der Waals surface area contributed by atoms with Crippen LogP contribution in [0.15, 0.2) is 71.6 Å². The molecule has 3 aromatic rings. The molecule has 2 aromatic carbocycles. The van der Waals surface area contributed by atoms with Crippen LogP contribution in [-0.2, 0) is 19.5 Å². The zero-order chi connectivity index (χ0) is 21.5. The van der Waals surface area contributed by atoms with Crippen molar-refractivity contribution in [2.75, 3.05) is 0 Å². The topological polar surface area (TPSA) is 25.2 Å². The molecule has 0 bridgehead atoms. The Balaban J connectivity index is 0.000000552. The summed E-state index contributed by atoms with van der Waals surface area (Å²) in [5, 5.41) is 1.20. The van der Waals surface area contributed by atoms with E-state index in [1.54, 1.807) is 0 Å². The Hall–Kier alpha value is -1.43. The molecule has 1 heterocycles. The van der Waals surface area contributed by atoms with Gasteiger partial charge in [0.25, 0.3) is 0 Å². The molecule has 0 amide bonds. The second kappa shape index (κ2) is 11.8. The van der Waals surface area contributed by atoms with E-state index >= 15 is 0 Å². The Morgan fingerprint density at radius 3 is 1.97 bits per heavy atom. The van der Waals surface area contributed by atoms with Gasteiger partial charge >= 0.3 is 19.5 Å². The predicted molar refractivity (Wildman–Crippen MR) is 130 cm³/mol. The Bertz CT molecular complexity index is 900. The Labute approximate surface area is 196 Å². The second-order valence-electron chi connectivity index (χ2n) is 8.88. The van der Waals surface area contributed by atoms with Crippen molar-refractivity contribution in [2.45, 2.75) is 65.3 Å². The monoisotopic (exact) mass is 470 g/mol. The molecule has 0 radical (unpaired) electrons. The van der Waals surface area contributed by atoms with Crippen LogP contribution in [0, 0.1) is 12.2 Å². The first-order valence-electron chi connectivity index (χ1n) is 10.4. The number of aromatic nitrogens is 1. The Morgan fingerprint density at radius 2 is 1.50 bits per heavy atom. The number of fused-ring (bicyclic) bond motifs is 1. The molecule has 0 saturated heterocycles. The minimum absolute atomic E-state index is 0. The van der Waals surface area contributed by atoms with E-state index in [2.05, 4.69) is 89.9 Å². The van der Waals surface area contributed by atoms with Crippen molar-refractivity contribution in [1.29, 1.82) is 0 Å². The van der Waals surface area contributed by atoms with E-state index in [-0.39, 0.29) is 25.0 Å². The third kappa shape index (κ3) is 7.37. The zero-order valence-electron chi connectivity index (χ0n) is 19.6. The standard InChI is InChI=1S/C20H30N2P.C6H5.Zn/c1-15(2)23(16(3)4,22-20(5,6)7)14-18-11-8-10-17-12-9-13-21-19(17)18;1-2-4-6-5-3-1;/h8-16H,1-7H3;1-5H;/q2*-1;+2. The fourth-order valence-electron chi connectivity index (χ4n) is 3.47. The average molecular weight is 472 g/mol. The van der Waals surface area contributed by atoms with Gasteiger partial charge in [-0.1, -0.05) is 45.2 Å². The normalized spacial score (nSPS) is 11.5. The molecule has 0 aliphatic rings. The number of hydrogen-bond acceptors (Lipinski definition) is 2. The third-order valence-corrected chi connectivity index (χ3v) is 9.69. The molecule has 0 saturated carbocycles. The maximum atomic E-state index is 5.37. The number of pyridine rings is 1. The van der Waals surface area contributed by atoms with Crippen LogP contribution in [0.2, 0.25) is 0 Å². The number of hydrogen-bond donors (Lipinski definition) is 0. The molecule has 156 valence electrons. The van der Waals surface area contributed by atoms with Gasteiger partial charge in [0.2, 0.25) is 0 Å². The van der Waals surface area contributed by atoms with Gasteiger partial charge in [0.05, 0.1) is 5.54 Å². The van der Waals surface area contributed by atoms with Gasteiger partial charge in [-0.3, -0.25) is 0 Å². The van der Waals surface area contributed by atoms with Gasteiger partial charge in [-0.05, 0) is 50.7 Å². The van der Waals surface area contributed by atoms with Crippen molar-refractivity contribution < 1.29 is 19.5 Å². The number of nitrogens with zero attached hydrogens (tertiary/aromatic N) is 2. The molecule has 30 heavy (non-hydrogen) atoms. The fraction of sp³-hybridized carbons (Fsp3) is 0.385. The zero-order valence-corrected chi connectivity index (χ0v) is 23.5. The van der Waals surface area contributed by atoms with E-state index < -0.39 is 7.05 Å². The van der Waals surface area contributed by atoms with Gasteiger partial charge in [-0.2, -0.15) is 48.0 Å². The Morgan fingerprint density at radius 1 is 0.900 bits per heavy atom. The van der Waals surface area contributed by atoms with Gasteiger partial charge in [0.15, 0.2) is 0 Å². The summed E-state index contributed by atoms with van der Waals surface area (Å²) in [6.07, 6.45) is 4.34. The predicted octanol–water partition coefficient (Wildman–Crippen LogP) is 8.05. The summed E-state index contributed by atoms with van der Waals surface area (Å²) < 4.78 is 5.37. The average Bonchev–Trinajstić information content (AvgIpc) is 2.68. The van der Waals surface area contributed by atoms with E-state index in [0.717, 1.165) is 5.52 Å². The van der Waals surface area contributed by atoms with Gasteiger partial charge in [-0.15, -0.1) is 12.2 Å². The van der Waals surface area contributed by atoms with Crippen molar-refractivity contribution in [3.8, 4) is 0 Å². The minimum Gasteiger partial charge on any atom is -0.320 e. The number of para-hydroxylation sites is 1. The van der Waals surface area contributed by atoms with Gasteiger partial charge in [0.1, 0.15) is 0 Å². The van der Waals surface area contributed by atoms with E-state index in [1.807, 2.05) is 42.6 Å². The Kier molecular flexibility index (Phi) is 10.5. The van der Waals surface area contributed by atoms with Crippen LogP contribution < -0.4 is 0 Å². The molecule has 2 nitrogen and oxygen atoms in total. The first-order valence-corrected chi connectivity index (χ1v) is 12.3. The summed E-state index contributed by atoms with van der Waals surface area (Å²) in [6, 6.07) is 23.1. The molecule has 0 spiro atoms. The molecule has 0 aliphatic carbocycles. The van der Waals surface area contributed by atoms with Crippen LogP contribution in [0.5, 0.6) is 0 Å². The quantitative estimate of drug-likeness (QED) is 0.215. The molecule has 1 aromatic heterocycles. The largest absolute Gasteiger partial charge is 2.00 e. The number of benzene rings is 2. The minimum atomic E-state index is -1.63. The maximum absolute atomic E-state index is 5.37. The van der Waals surface area contributed by atoms with Crippen LogP contribution >= 0.6 is 7.05 Å². The smallest absolute Gasteiger partial charge is 0.320 e. The van der Waals surface area contributed by atoms with E-state index in [0.29, 0.717) is 11.3 Å². The summed E-state index contributed by atoms with van der Waals surface area (Å²) >= 11 is 0. The summed E-state index contributed by atoms with van der Waals surface area (Å²) in [4.78, 5) is 4.63. The van der Waals surface area contributed by atoms with Gasteiger partial charge in [0, 0.05) is 6.20 Å². The van der Waals surface area contributed by atoms with Crippen molar-refractivity contribution in [2.24, 2.45) is 4.74 Å². The van der Waals surface area contributed by atoms with Crippen molar-refractivity contribution in [3.63, 3.8) is 0 Å². The van der Waals surface area contributed by atoms with Crippen LogP contribution in [-0.4, -0.2) is 21.8 Å². The molecule has 0 N–H and O–H groups in total. The number of rotatable bonds is 4.